The largest absolute Gasteiger partial charge is 0.387 e. The van der Waals surface area contributed by atoms with Gasteiger partial charge in [-0.15, -0.1) is 11.3 Å². The van der Waals surface area contributed by atoms with Gasteiger partial charge in [0.2, 0.25) is 0 Å². The fourth-order valence-electron chi connectivity index (χ4n) is 3.28. The molecule has 164 valence electrons. The molecule has 0 fully saturated rings. The molecule has 3 rings (SSSR count). The van der Waals surface area contributed by atoms with Crippen LogP contribution < -0.4 is 5.32 Å². The van der Waals surface area contributed by atoms with Crippen molar-refractivity contribution in [2.75, 3.05) is 18.9 Å². The van der Waals surface area contributed by atoms with Crippen LogP contribution in [0.5, 0.6) is 0 Å². The van der Waals surface area contributed by atoms with E-state index < -0.39 is 0 Å². The number of nitrogens with zero attached hydrogens (tertiary/aromatic N) is 1. The summed E-state index contributed by atoms with van der Waals surface area (Å²) in [5.74, 6) is 0.0338. The van der Waals surface area contributed by atoms with Crippen molar-refractivity contribution < 1.29 is 4.79 Å². The molecule has 3 aromatic rings. The van der Waals surface area contributed by atoms with Gasteiger partial charge in [0.15, 0.2) is 0 Å². The summed E-state index contributed by atoms with van der Waals surface area (Å²) in [7, 11) is 1.86. The lowest BCUT2D eigenvalue weighted by Crippen LogP contribution is -2.32. The van der Waals surface area contributed by atoms with Crippen molar-refractivity contribution in [2.45, 2.75) is 39.2 Å². The zero-order valence-electron chi connectivity index (χ0n) is 18.3. The Hall–Kier alpha value is -2.01. The van der Waals surface area contributed by atoms with E-state index >= 15 is 0 Å². The molecule has 1 amide bonds. The third-order valence-corrected chi connectivity index (χ3v) is 6.89. The first-order valence-corrected chi connectivity index (χ1v) is 11.9. The van der Waals surface area contributed by atoms with Crippen molar-refractivity contribution in [1.82, 2.24) is 4.90 Å². The highest BCUT2D eigenvalue weighted by atomic mass is 35.5. The maximum atomic E-state index is 13.3. The standard InChI is InChI=1S/C25H28Cl2N2OS/c1-25(2,3)19-8-5-18(6-9-19)15-29(24(30)23-14-20(28-4)16-31-23)12-11-17-7-10-21(26)22(27)13-17/h5-10,13-14,16,28H,11-12,15H2,1-4H3. The van der Waals surface area contributed by atoms with Crippen molar-refractivity contribution in [3.63, 3.8) is 0 Å². The molecule has 1 N–H and O–H groups in total. The number of carbonyl (C=O) groups excluding carboxylic acids is 1. The van der Waals surface area contributed by atoms with Gasteiger partial charge in [-0.25, -0.2) is 0 Å². The predicted molar refractivity (Wildman–Crippen MR) is 134 cm³/mol. The van der Waals surface area contributed by atoms with Gasteiger partial charge in [-0.2, -0.15) is 0 Å². The maximum Gasteiger partial charge on any atom is 0.264 e. The lowest BCUT2D eigenvalue weighted by molar-refractivity contribution is 0.0750. The van der Waals surface area contributed by atoms with E-state index in [0.29, 0.717) is 29.6 Å². The number of anilines is 1. The van der Waals surface area contributed by atoms with Crippen molar-refractivity contribution in [2.24, 2.45) is 0 Å². The molecule has 1 heterocycles. The summed E-state index contributed by atoms with van der Waals surface area (Å²) in [6.07, 6.45) is 0.701. The van der Waals surface area contributed by atoms with Crippen LogP contribution in [0.25, 0.3) is 0 Å². The van der Waals surface area contributed by atoms with E-state index in [1.165, 1.54) is 16.9 Å². The first kappa shape index (κ1) is 23.6. The van der Waals surface area contributed by atoms with E-state index in [0.717, 1.165) is 21.7 Å². The molecular weight excluding hydrogens is 447 g/mol. The summed E-state index contributed by atoms with van der Waals surface area (Å²) >= 11 is 13.7. The van der Waals surface area contributed by atoms with Crippen LogP contribution in [0.1, 0.15) is 47.1 Å². The molecule has 0 unspecified atom stereocenters. The highest BCUT2D eigenvalue weighted by Crippen LogP contribution is 2.26. The molecule has 6 heteroatoms. The summed E-state index contributed by atoms with van der Waals surface area (Å²) in [5, 5.41) is 6.13. The van der Waals surface area contributed by atoms with Crippen LogP contribution >= 0.6 is 34.5 Å². The first-order chi connectivity index (χ1) is 14.7. The fourth-order valence-corrected chi connectivity index (χ4v) is 4.46. The predicted octanol–water partition coefficient (Wildman–Crippen LogP) is 7.28. The number of thiophene rings is 1. The van der Waals surface area contributed by atoms with Crippen LogP contribution in [-0.2, 0) is 18.4 Å². The van der Waals surface area contributed by atoms with Crippen LogP contribution in [0, 0.1) is 0 Å². The number of hydrogen-bond acceptors (Lipinski definition) is 3. The van der Waals surface area contributed by atoms with Gasteiger partial charge in [0.25, 0.3) is 5.91 Å². The quantitative estimate of drug-likeness (QED) is 0.390. The first-order valence-electron chi connectivity index (χ1n) is 10.3. The van der Waals surface area contributed by atoms with Gasteiger partial charge in [0, 0.05) is 31.2 Å². The Morgan fingerprint density at radius 3 is 2.26 bits per heavy atom. The van der Waals surface area contributed by atoms with Gasteiger partial charge >= 0.3 is 0 Å². The summed E-state index contributed by atoms with van der Waals surface area (Å²) in [6, 6.07) is 16.1. The highest BCUT2D eigenvalue weighted by Gasteiger charge is 2.19. The van der Waals surface area contributed by atoms with Gasteiger partial charge in [-0.3, -0.25) is 4.79 Å². The fraction of sp³-hybridized carbons (Fsp3) is 0.320. The van der Waals surface area contributed by atoms with Gasteiger partial charge in [0.05, 0.1) is 14.9 Å². The van der Waals surface area contributed by atoms with Crippen LogP contribution in [0.15, 0.2) is 53.9 Å². The monoisotopic (exact) mass is 474 g/mol. The van der Waals surface area contributed by atoms with E-state index in [-0.39, 0.29) is 11.3 Å². The number of carbonyl (C=O) groups is 1. The summed E-state index contributed by atoms with van der Waals surface area (Å²) in [5.41, 5.74) is 4.50. The van der Waals surface area contributed by atoms with E-state index in [9.17, 15) is 4.79 Å². The minimum atomic E-state index is 0.0338. The molecule has 31 heavy (non-hydrogen) atoms. The second-order valence-electron chi connectivity index (χ2n) is 8.62. The Morgan fingerprint density at radius 1 is 1.00 bits per heavy atom. The smallest absolute Gasteiger partial charge is 0.264 e. The molecule has 1 aromatic heterocycles. The van der Waals surface area contributed by atoms with Gasteiger partial charge in [-0.05, 0) is 46.7 Å². The van der Waals surface area contributed by atoms with Crippen LogP contribution in [0.3, 0.4) is 0 Å². The molecule has 0 aliphatic rings. The Bertz CT molecular complexity index is 1040. The van der Waals surface area contributed by atoms with E-state index in [2.05, 4.69) is 50.4 Å². The van der Waals surface area contributed by atoms with Gasteiger partial charge in [-0.1, -0.05) is 74.3 Å². The Balaban J connectivity index is 1.80. The minimum absolute atomic E-state index is 0.0338. The second-order valence-corrected chi connectivity index (χ2v) is 10.3. The lowest BCUT2D eigenvalue weighted by atomic mass is 9.87. The van der Waals surface area contributed by atoms with Crippen LogP contribution in [-0.4, -0.2) is 24.4 Å². The van der Waals surface area contributed by atoms with Crippen molar-refractivity contribution in [3.8, 4) is 0 Å². The van der Waals surface area contributed by atoms with Gasteiger partial charge in [0.1, 0.15) is 0 Å². The number of amides is 1. The Kier molecular flexibility index (Phi) is 7.68. The molecule has 3 nitrogen and oxygen atoms in total. The highest BCUT2D eigenvalue weighted by molar-refractivity contribution is 7.12. The molecule has 0 saturated heterocycles. The summed E-state index contributed by atoms with van der Waals surface area (Å²) < 4.78 is 0. The minimum Gasteiger partial charge on any atom is -0.387 e. The topological polar surface area (TPSA) is 32.3 Å². The number of rotatable bonds is 7. The maximum absolute atomic E-state index is 13.3. The number of hydrogen-bond donors (Lipinski definition) is 1. The Labute approximate surface area is 199 Å². The average Bonchev–Trinajstić information content (AvgIpc) is 3.22. The van der Waals surface area contributed by atoms with Crippen LogP contribution in [0.4, 0.5) is 5.69 Å². The summed E-state index contributed by atoms with van der Waals surface area (Å²) in [6.45, 7) is 7.74. The van der Waals surface area contributed by atoms with E-state index in [1.54, 1.807) is 6.07 Å². The zero-order chi connectivity index (χ0) is 22.6. The molecule has 2 aromatic carbocycles. The normalized spacial score (nSPS) is 11.4. The SMILES string of the molecule is CNc1csc(C(=O)N(CCc2ccc(Cl)c(Cl)c2)Cc2ccc(C(C)(C)C)cc2)c1. The van der Waals surface area contributed by atoms with Crippen molar-refractivity contribution in [3.05, 3.63) is 85.5 Å². The number of benzene rings is 2. The van der Waals surface area contributed by atoms with Crippen LogP contribution in [0.2, 0.25) is 10.0 Å². The molecule has 0 bridgehead atoms. The van der Waals surface area contributed by atoms with Crippen molar-refractivity contribution >= 4 is 46.1 Å². The molecule has 0 radical (unpaired) electrons. The van der Waals surface area contributed by atoms with Gasteiger partial charge < -0.3 is 10.2 Å². The third kappa shape index (κ3) is 6.25. The van der Waals surface area contributed by atoms with Crippen molar-refractivity contribution in [1.29, 1.82) is 0 Å². The Morgan fingerprint density at radius 2 is 1.68 bits per heavy atom. The molecule has 0 atom stereocenters. The zero-order valence-corrected chi connectivity index (χ0v) is 20.7. The number of halogens is 2. The molecule has 0 aliphatic heterocycles. The van der Waals surface area contributed by atoms with E-state index in [4.69, 9.17) is 23.2 Å². The lowest BCUT2D eigenvalue weighted by Gasteiger charge is -2.24. The van der Waals surface area contributed by atoms with E-state index in [1.807, 2.05) is 35.5 Å². The summed E-state index contributed by atoms with van der Waals surface area (Å²) in [4.78, 5) is 15.9. The number of nitrogens with one attached hydrogen (secondary N) is 1. The average molecular weight is 475 g/mol. The molecule has 0 saturated carbocycles. The second kappa shape index (κ2) is 10.1. The molecular formula is C25H28Cl2N2OS. The third-order valence-electron chi connectivity index (χ3n) is 5.23. The molecule has 0 spiro atoms. The molecule has 0 aliphatic carbocycles.